The van der Waals surface area contributed by atoms with E-state index in [4.69, 9.17) is 10.3 Å². The lowest BCUT2D eigenvalue weighted by molar-refractivity contribution is 0.100. The number of nitrogens with two attached hydrogens (primary N) is 1. The van der Waals surface area contributed by atoms with Gasteiger partial charge in [0.15, 0.2) is 5.76 Å². The molecular weight excluding hydrogens is 202 g/mol. The molecule has 0 radical (unpaired) electrons. The highest BCUT2D eigenvalue weighted by atomic mass is 32.1. The molecule has 0 bridgehead atoms. The zero-order valence-electron chi connectivity index (χ0n) is 7.35. The summed E-state index contributed by atoms with van der Waals surface area (Å²) in [6.07, 6.45) is 1.50. The molecule has 0 aliphatic carbocycles. The van der Waals surface area contributed by atoms with Gasteiger partial charge in [-0.05, 0) is 12.5 Å². The van der Waals surface area contributed by atoms with E-state index in [-0.39, 0.29) is 0 Å². The van der Waals surface area contributed by atoms with Crippen molar-refractivity contribution in [2.45, 2.75) is 6.92 Å². The van der Waals surface area contributed by atoms with Crippen molar-refractivity contribution in [2.24, 2.45) is 5.73 Å². The lowest BCUT2D eigenvalue weighted by atomic mass is 10.1. The van der Waals surface area contributed by atoms with Crippen molar-refractivity contribution < 1.29 is 9.32 Å². The summed E-state index contributed by atoms with van der Waals surface area (Å²) in [5.74, 6) is 0.123. The second-order valence-corrected chi connectivity index (χ2v) is 3.63. The van der Waals surface area contributed by atoms with Crippen molar-refractivity contribution in [3.8, 4) is 11.3 Å². The lowest BCUT2D eigenvalue weighted by Crippen LogP contribution is -2.09. The largest absolute Gasteiger partial charge is 0.365 e. The number of thiophene rings is 1. The van der Waals surface area contributed by atoms with Crippen LogP contribution < -0.4 is 5.73 Å². The first kappa shape index (κ1) is 8.89. The molecule has 2 N–H and O–H groups in total. The Kier molecular flexibility index (Phi) is 2.05. The van der Waals surface area contributed by atoms with E-state index in [1.165, 1.54) is 17.5 Å². The van der Waals surface area contributed by atoms with E-state index in [1.807, 2.05) is 6.92 Å². The number of amides is 1. The molecule has 5 nitrogen and oxygen atoms in total. The van der Waals surface area contributed by atoms with E-state index in [1.54, 1.807) is 5.38 Å². The smallest absolute Gasteiger partial charge is 0.259 e. The molecule has 2 aromatic heterocycles. The lowest BCUT2D eigenvalue weighted by Gasteiger charge is -1.93. The SMILES string of the molecule is Cc1c(-c2cnno2)csc1C(N)=O. The van der Waals surface area contributed by atoms with Crippen molar-refractivity contribution >= 4 is 17.2 Å². The Balaban J connectivity index is 2.52. The number of aromatic nitrogens is 2. The number of nitrogens with zero attached hydrogens (tertiary/aromatic N) is 2. The van der Waals surface area contributed by atoms with Gasteiger partial charge < -0.3 is 10.3 Å². The van der Waals surface area contributed by atoms with Crippen molar-refractivity contribution in [3.05, 3.63) is 22.0 Å². The summed E-state index contributed by atoms with van der Waals surface area (Å²) in [7, 11) is 0. The third-order valence-corrected chi connectivity index (χ3v) is 2.99. The number of rotatable bonds is 2. The van der Waals surface area contributed by atoms with Crippen LogP contribution in [0.1, 0.15) is 15.2 Å². The molecular formula is C8H7N3O2S. The highest BCUT2D eigenvalue weighted by Gasteiger charge is 2.15. The zero-order chi connectivity index (χ0) is 10.1. The third kappa shape index (κ3) is 1.29. The average molecular weight is 209 g/mol. The van der Waals surface area contributed by atoms with E-state index in [2.05, 4.69) is 10.4 Å². The monoisotopic (exact) mass is 209 g/mol. The fraction of sp³-hybridized carbons (Fsp3) is 0.125. The Morgan fingerprint density at radius 2 is 2.43 bits per heavy atom. The molecule has 2 heterocycles. The number of hydrogen-bond acceptors (Lipinski definition) is 5. The topological polar surface area (TPSA) is 82.0 Å². The van der Waals surface area contributed by atoms with Crippen LogP contribution in [0.3, 0.4) is 0 Å². The van der Waals surface area contributed by atoms with Gasteiger partial charge in [0.05, 0.1) is 11.1 Å². The second-order valence-electron chi connectivity index (χ2n) is 2.75. The van der Waals surface area contributed by atoms with Crippen LogP contribution >= 0.6 is 11.3 Å². The van der Waals surface area contributed by atoms with E-state index in [9.17, 15) is 4.79 Å². The summed E-state index contributed by atoms with van der Waals surface area (Å²) in [5, 5.41) is 8.73. The van der Waals surface area contributed by atoms with Gasteiger partial charge in [0.1, 0.15) is 0 Å². The van der Waals surface area contributed by atoms with Crippen molar-refractivity contribution in [2.75, 3.05) is 0 Å². The first-order valence-corrected chi connectivity index (χ1v) is 4.73. The Morgan fingerprint density at radius 1 is 1.64 bits per heavy atom. The Hall–Kier alpha value is -1.69. The summed E-state index contributed by atoms with van der Waals surface area (Å²) in [6, 6.07) is 0. The number of primary amides is 1. The minimum atomic E-state index is -0.425. The quantitative estimate of drug-likeness (QED) is 0.805. The molecule has 0 saturated heterocycles. The van der Waals surface area contributed by atoms with Gasteiger partial charge in [-0.2, -0.15) is 0 Å². The van der Waals surface area contributed by atoms with Gasteiger partial charge in [0.2, 0.25) is 0 Å². The van der Waals surface area contributed by atoms with Gasteiger partial charge >= 0.3 is 0 Å². The minimum Gasteiger partial charge on any atom is -0.365 e. The molecule has 0 atom stereocenters. The minimum absolute atomic E-state index is 0.425. The zero-order valence-corrected chi connectivity index (χ0v) is 8.17. The van der Waals surface area contributed by atoms with Crippen LogP contribution in [0, 0.1) is 6.92 Å². The molecule has 14 heavy (non-hydrogen) atoms. The molecule has 0 aliphatic heterocycles. The van der Waals surface area contributed by atoms with Crippen molar-refractivity contribution in [1.82, 2.24) is 10.4 Å². The van der Waals surface area contributed by atoms with Gasteiger partial charge in [-0.15, -0.1) is 16.4 Å². The maximum absolute atomic E-state index is 11.0. The summed E-state index contributed by atoms with van der Waals surface area (Å²) in [4.78, 5) is 11.5. The summed E-state index contributed by atoms with van der Waals surface area (Å²) in [6.45, 7) is 1.81. The van der Waals surface area contributed by atoms with Crippen LogP contribution in [0.15, 0.2) is 16.1 Å². The predicted octanol–water partition coefficient (Wildman–Crippen LogP) is 1.21. The molecule has 0 spiro atoms. The fourth-order valence-corrected chi connectivity index (χ4v) is 2.12. The van der Waals surface area contributed by atoms with Crippen LogP contribution in [-0.4, -0.2) is 16.3 Å². The molecule has 0 unspecified atom stereocenters. The van der Waals surface area contributed by atoms with E-state index < -0.39 is 5.91 Å². The van der Waals surface area contributed by atoms with Crippen molar-refractivity contribution in [3.63, 3.8) is 0 Å². The number of carbonyl (C=O) groups excluding carboxylic acids is 1. The Bertz CT molecular complexity index is 461. The Morgan fingerprint density at radius 3 is 2.93 bits per heavy atom. The maximum atomic E-state index is 11.0. The van der Waals surface area contributed by atoms with E-state index >= 15 is 0 Å². The summed E-state index contributed by atoms with van der Waals surface area (Å²) < 4.78 is 4.89. The second kappa shape index (κ2) is 3.22. The van der Waals surface area contributed by atoms with Crippen LogP contribution in [0.4, 0.5) is 0 Å². The molecule has 72 valence electrons. The van der Waals surface area contributed by atoms with Crippen LogP contribution in [0.2, 0.25) is 0 Å². The van der Waals surface area contributed by atoms with Gasteiger partial charge in [-0.3, -0.25) is 4.79 Å². The van der Waals surface area contributed by atoms with Crippen LogP contribution in [0.5, 0.6) is 0 Å². The molecule has 0 fully saturated rings. The Labute approximate surface area is 83.5 Å². The summed E-state index contributed by atoms with van der Waals surface area (Å²) in [5.41, 5.74) is 6.81. The van der Waals surface area contributed by atoms with E-state index in [0.29, 0.717) is 10.6 Å². The van der Waals surface area contributed by atoms with Gasteiger partial charge in [0, 0.05) is 16.2 Å². The molecule has 0 aromatic carbocycles. The van der Waals surface area contributed by atoms with E-state index in [0.717, 1.165) is 11.1 Å². The normalized spacial score (nSPS) is 10.4. The number of carbonyl (C=O) groups is 1. The van der Waals surface area contributed by atoms with Gasteiger partial charge in [0.25, 0.3) is 5.91 Å². The van der Waals surface area contributed by atoms with Gasteiger partial charge in [-0.1, -0.05) is 0 Å². The van der Waals surface area contributed by atoms with Crippen LogP contribution in [-0.2, 0) is 0 Å². The van der Waals surface area contributed by atoms with Gasteiger partial charge in [-0.25, -0.2) is 0 Å². The standard InChI is InChI=1S/C8H7N3O2S/c1-4-5(6-2-10-11-13-6)3-14-7(4)8(9)12/h2-3H,1H3,(H2,9,12). The first-order chi connectivity index (χ1) is 6.70. The maximum Gasteiger partial charge on any atom is 0.259 e. The molecule has 2 aromatic rings. The predicted molar refractivity (Wildman–Crippen MR) is 50.9 cm³/mol. The molecule has 1 amide bonds. The third-order valence-electron chi connectivity index (χ3n) is 1.89. The summed E-state index contributed by atoms with van der Waals surface area (Å²) >= 11 is 1.29. The van der Waals surface area contributed by atoms with Crippen LogP contribution in [0.25, 0.3) is 11.3 Å². The highest BCUT2D eigenvalue weighted by molar-refractivity contribution is 7.12. The van der Waals surface area contributed by atoms with Crippen molar-refractivity contribution in [1.29, 1.82) is 0 Å². The molecule has 2 rings (SSSR count). The number of hydrogen-bond donors (Lipinski definition) is 1. The molecule has 0 saturated carbocycles. The first-order valence-electron chi connectivity index (χ1n) is 3.85. The molecule has 6 heteroatoms. The average Bonchev–Trinajstić information content (AvgIpc) is 2.71. The highest BCUT2D eigenvalue weighted by Crippen LogP contribution is 2.29. The molecule has 0 aliphatic rings. The fourth-order valence-electron chi connectivity index (χ4n) is 1.19.